The largest absolute Gasteiger partial charge is 0.345 e. The molecular formula is C17H31N3S. The van der Waals surface area contributed by atoms with E-state index in [0.717, 1.165) is 25.4 Å². The maximum absolute atomic E-state index is 4.93. The zero-order valence-electron chi connectivity index (χ0n) is 14.5. The summed E-state index contributed by atoms with van der Waals surface area (Å²) < 4.78 is 0. The van der Waals surface area contributed by atoms with E-state index < -0.39 is 0 Å². The molecule has 1 fully saturated rings. The van der Waals surface area contributed by atoms with E-state index in [1.54, 1.807) is 0 Å². The zero-order chi connectivity index (χ0) is 15.6. The molecule has 0 bridgehead atoms. The van der Waals surface area contributed by atoms with Gasteiger partial charge in [0.2, 0.25) is 0 Å². The Morgan fingerprint density at radius 2 is 2.05 bits per heavy atom. The summed E-state index contributed by atoms with van der Waals surface area (Å²) in [5.41, 5.74) is 1.43. The van der Waals surface area contributed by atoms with Gasteiger partial charge in [0.25, 0.3) is 0 Å². The maximum atomic E-state index is 4.93. The van der Waals surface area contributed by atoms with Crippen LogP contribution in [0.25, 0.3) is 0 Å². The van der Waals surface area contributed by atoms with E-state index in [0.29, 0.717) is 6.04 Å². The Morgan fingerprint density at radius 1 is 1.33 bits per heavy atom. The average molecular weight is 310 g/mol. The first-order chi connectivity index (χ1) is 9.80. The number of anilines is 1. The monoisotopic (exact) mass is 309 g/mol. The molecule has 0 saturated carbocycles. The molecule has 0 aromatic carbocycles. The van der Waals surface area contributed by atoms with E-state index in [-0.39, 0.29) is 5.54 Å². The van der Waals surface area contributed by atoms with Gasteiger partial charge in [-0.15, -0.1) is 11.3 Å². The normalized spacial score (nSPS) is 23.6. The van der Waals surface area contributed by atoms with Gasteiger partial charge in [0.05, 0.1) is 5.69 Å². The number of thiazole rings is 1. The Labute approximate surface area is 134 Å². The van der Waals surface area contributed by atoms with Crippen LogP contribution in [0.1, 0.15) is 65.0 Å². The van der Waals surface area contributed by atoms with Crippen LogP contribution in [0.4, 0.5) is 5.13 Å². The van der Waals surface area contributed by atoms with Crippen LogP contribution in [0.5, 0.6) is 0 Å². The molecular weight excluding hydrogens is 278 g/mol. The third-order valence-electron chi connectivity index (χ3n) is 4.27. The molecule has 2 rings (SSSR count). The van der Waals surface area contributed by atoms with Crippen molar-refractivity contribution in [1.82, 2.24) is 10.3 Å². The highest BCUT2D eigenvalue weighted by Crippen LogP contribution is 2.33. The summed E-state index contributed by atoms with van der Waals surface area (Å²) in [5, 5.41) is 4.83. The van der Waals surface area contributed by atoms with E-state index >= 15 is 0 Å². The van der Waals surface area contributed by atoms with Crippen molar-refractivity contribution >= 4 is 16.5 Å². The number of hydrogen-bond donors (Lipinski definition) is 1. The molecule has 1 aromatic rings. The number of aryl methyl sites for hydroxylation is 1. The summed E-state index contributed by atoms with van der Waals surface area (Å²) >= 11 is 1.89. The lowest BCUT2D eigenvalue weighted by Crippen LogP contribution is -2.40. The first kappa shape index (κ1) is 16.8. The van der Waals surface area contributed by atoms with Crippen LogP contribution in [0.3, 0.4) is 0 Å². The third-order valence-corrected chi connectivity index (χ3v) is 5.40. The van der Waals surface area contributed by atoms with Crippen molar-refractivity contribution in [1.29, 1.82) is 0 Å². The van der Waals surface area contributed by atoms with Crippen LogP contribution < -0.4 is 10.2 Å². The van der Waals surface area contributed by atoms with Gasteiger partial charge in [-0.2, -0.15) is 0 Å². The lowest BCUT2D eigenvalue weighted by molar-refractivity contribution is 0.377. The van der Waals surface area contributed by atoms with Crippen molar-refractivity contribution in [2.24, 2.45) is 5.92 Å². The van der Waals surface area contributed by atoms with Crippen molar-refractivity contribution in [2.45, 2.75) is 78.9 Å². The van der Waals surface area contributed by atoms with Crippen LogP contribution in [-0.2, 0) is 13.0 Å². The molecule has 0 spiro atoms. The molecule has 0 aliphatic carbocycles. The molecule has 1 aliphatic rings. The number of aromatic nitrogens is 1. The molecule has 0 radical (unpaired) electrons. The second-order valence-electron chi connectivity index (χ2n) is 7.50. The summed E-state index contributed by atoms with van der Waals surface area (Å²) in [7, 11) is 0. The van der Waals surface area contributed by atoms with Crippen LogP contribution in [0.15, 0.2) is 0 Å². The van der Waals surface area contributed by atoms with Crippen molar-refractivity contribution < 1.29 is 0 Å². The Morgan fingerprint density at radius 3 is 2.62 bits per heavy atom. The van der Waals surface area contributed by atoms with E-state index in [9.17, 15) is 0 Å². The number of rotatable bonds is 4. The van der Waals surface area contributed by atoms with Gasteiger partial charge >= 0.3 is 0 Å². The highest BCUT2D eigenvalue weighted by atomic mass is 32.1. The van der Waals surface area contributed by atoms with E-state index in [1.807, 2.05) is 11.3 Å². The molecule has 0 amide bonds. The number of nitrogens with one attached hydrogen (secondary N) is 1. The fourth-order valence-corrected chi connectivity index (χ4v) is 4.16. The van der Waals surface area contributed by atoms with Gasteiger partial charge in [0, 0.05) is 29.5 Å². The van der Waals surface area contributed by atoms with Crippen molar-refractivity contribution in [3.05, 3.63) is 10.6 Å². The van der Waals surface area contributed by atoms with Gasteiger partial charge < -0.3 is 10.2 Å². The minimum atomic E-state index is 0.156. The molecule has 1 N–H and O–H groups in total. The zero-order valence-corrected chi connectivity index (χ0v) is 15.3. The summed E-state index contributed by atoms with van der Waals surface area (Å²) in [4.78, 5) is 8.86. The molecule has 1 aromatic heterocycles. The minimum absolute atomic E-state index is 0.156. The quantitative estimate of drug-likeness (QED) is 0.902. The second kappa shape index (κ2) is 6.66. The molecule has 2 atom stereocenters. The summed E-state index contributed by atoms with van der Waals surface area (Å²) in [5.74, 6) is 0.851. The van der Waals surface area contributed by atoms with E-state index in [2.05, 4.69) is 51.8 Å². The van der Waals surface area contributed by atoms with Gasteiger partial charge in [0.1, 0.15) is 0 Å². The van der Waals surface area contributed by atoms with Crippen LogP contribution in [0.2, 0.25) is 0 Å². The predicted octanol–water partition coefficient (Wildman–Crippen LogP) is 4.22. The summed E-state index contributed by atoms with van der Waals surface area (Å²) in [6.45, 7) is 15.7. The summed E-state index contributed by atoms with van der Waals surface area (Å²) in [6, 6.07) is 0.619. The van der Waals surface area contributed by atoms with E-state index in [4.69, 9.17) is 4.98 Å². The second-order valence-corrected chi connectivity index (χ2v) is 8.56. The number of piperidine rings is 1. The lowest BCUT2D eigenvalue weighted by atomic mass is 9.94. The minimum Gasteiger partial charge on any atom is -0.345 e. The fraction of sp³-hybridized carbons (Fsp3) is 0.824. The maximum Gasteiger partial charge on any atom is 0.186 e. The van der Waals surface area contributed by atoms with Crippen LogP contribution >= 0.6 is 11.3 Å². The van der Waals surface area contributed by atoms with Crippen molar-refractivity contribution in [2.75, 3.05) is 11.4 Å². The van der Waals surface area contributed by atoms with Gasteiger partial charge in [-0.1, -0.05) is 13.8 Å². The SMILES string of the molecule is CCc1nc(N2CCC(C)CC2C)sc1CNC(C)(C)C. The fourth-order valence-electron chi connectivity index (χ4n) is 2.94. The molecule has 3 nitrogen and oxygen atoms in total. The lowest BCUT2D eigenvalue weighted by Gasteiger charge is -2.36. The molecule has 120 valence electrons. The van der Waals surface area contributed by atoms with Crippen LogP contribution in [-0.4, -0.2) is 23.1 Å². The highest BCUT2D eigenvalue weighted by molar-refractivity contribution is 7.15. The number of hydrogen-bond acceptors (Lipinski definition) is 4. The predicted molar refractivity (Wildman–Crippen MR) is 93.3 cm³/mol. The molecule has 2 heterocycles. The van der Waals surface area contributed by atoms with Gasteiger partial charge in [-0.05, 0) is 52.9 Å². The smallest absolute Gasteiger partial charge is 0.186 e. The average Bonchev–Trinajstić information content (AvgIpc) is 2.78. The Bertz CT molecular complexity index is 461. The standard InChI is InChI=1S/C17H31N3S/c1-7-14-15(11-18-17(4,5)6)21-16(19-14)20-9-8-12(2)10-13(20)3/h12-13,18H,7-11H2,1-6H3. The molecule has 1 saturated heterocycles. The summed E-state index contributed by atoms with van der Waals surface area (Å²) in [6.07, 6.45) is 3.61. The Balaban J connectivity index is 2.12. The Kier molecular flexibility index (Phi) is 5.31. The van der Waals surface area contributed by atoms with E-state index in [1.165, 1.54) is 28.5 Å². The van der Waals surface area contributed by atoms with Crippen molar-refractivity contribution in [3.63, 3.8) is 0 Å². The molecule has 4 heteroatoms. The highest BCUT2D eigenvalue weighted by Gasteiger charge is 2.26. The first-order valence-electron chi connectivity index (χ1n) is 8.30. The third kappa shape index (κ3) is 4.43. The van der Waals surface area contributed by atoms with Crippen LogP contribution in [0, 0.1) is 5.92 Å². The molecule has 1 aliphatic heterocycles. The molecule has 21 heavy (non-hydrogen) atoms. The Hall–Kier alpha value is -0.610. The first-order valence-corrected chi connectivity index (χ1v) is 9.12. The van der Waals surface area contributed by atoms with Gasteiger partial charge in [-0.25, -0.2) is 4.98 Å². The molecule has 2 unspecified atom stereocenters. The van der Waals surface area contributed by atoms with Gasteiger partial charge in [0.15, 0.2) is 5.13 Å². The van der Waals surface area contributed by atoms with Crippen molar-refractivity contribution in [3.8, 4) is 0 Å². The van der Waals surface area contributed by atoms with Gasteiger partial charge in [-0.3, -0.25) is 0 Å². The topological polar surface area (TPSA) is 28.2 Å². The number of nitrogens with zero attached hydrogens (tertiary/aromatic N) is 2.